The molecule has 1 atom stereocenters. The van der Waals surface area contributed by atoms with Crippen LogP contribution in [0.25, 0.3) is 11.0 Å². The van der Waals surface area contributed by atoms with E-state index in [1.54, 1.807) is 29.2 Å². The van der Waals surface area contributed by atoms with Crippen molar-refractivity contribution < 1.29 is 13.9 Å². The van der Waals surface area contributed by atoms with Crippen molar-refractivity contribution >= 4 is 32.8 Å². The third-order valence-electron chi connectivity index (χ3n) is 5.28. The van der Waals surface area contributed by atoms with Crippen LogP contribution in [0.1, 0.15) is 27.7 Å². The highest BCUT2D eigenvalue weighted by Gasteiger charge is 2.42. The Morgan fingerprint density at radius 3 is 2.61 bits per heavy atom. The van der Waals surface area contributed by atoms with Crippen molar-refractivity contribution in [3.05, 3.63) is 86.7 Å². The zero-order valence-corrected chi connectivity index (χ0v) is 19.0. The van der Waals surface area contributed by atoms with Gasteiger partial charge < -0.3 is 19.0 Å². The number of amides is 1. The Morgan fingerprint density at radius 1 is 1.19 bits per heavy atom. The maximum absolute atomic E-state index is 13.5. The molecule has 0 bridgehead atoms. The predicted octanol–water partition coefficient (Wildman–Crippen LogP) is 4.23. The maximum atomic E-state index is 13.5. The molecule has 1 aliphatic heterocycles. The largest absolute Gasteiger partial charge is 0.490 e. The Labute approximate surface area is 188 Å². The minimum absolute atomic E-state index is 0.121. The highest BCUT2D eigenvalue weighted by Crippen LogP contribution is 2.38. The monoisotopic (exact) mass is 482 g/mol. The van der Waals surface area contributed by atoms with Crippen LogP contribution in [0.3, 0.4) is 0 Å². The summed E-state index contributed by atoms with van der Waals surface area (Å²) >= 11 is 3.42. The lowest BCUT2D eigenvalue weighted by atomic mass is 9.98. The zero-order valence-electron chi connectivity index (χ0n) is 17.4. The smallest absolute Gasteiger partial charge is 0.290 e. The Morgan fingerprint density at radius 2 is 1.94 bits per heavy atom. The SMILES string of the molecule is C=CCOc1ccc(C2c3c(oc4ccc(Br)cc4c3=O)C(=O)N2CCN(C)C)cc1. The quantitative estimate of drug-likeness (QED) is 0.471. The second kappa shape index (κ2) is 8.69. The summed E-state index contributed by atoms with van der Waals surface area (Å²) in [7, 11) is 3.90. The summed E-state index contributed by atoms with van der Waals surface area (Å²) in [4.78, 5) is 30.5. The zero-order chi connectivity index (χ0) is 22.1. The molecule has 0 spiro atoms. The highest BCUT2D eigenvalue weighted by atomic mass is 79.9. The summed E-state index contributed by atoms with van der Waals surface area (Å²) in [6.07, 6.45) is 1.68. The molecular formula is C24H23BrN2O4. The first-order valence-electron chi connectivity index (χ1n) is 9.96. The Balaban J connectivity index is 1.85. The standard InChI is InChI=1S/C24H23BrN2O4/c1-4-13-30-17-8-5-15(6-9-17)21-20-22(28)18-14-16(25)7-10-19(18)31-23(20)24(29)27(21)12-11-26(2)3/h4-10,14,21H,1,11-13H2,2-3H3. The number of ether oxygens (including phenoxy) is 1. The topological polar surface area (TPSA) is 63.0 Å². The van der Waals surface area contributed by atoms with E-state index in [0.717, 1.165) is 10.0 Å². The molecule has 1 aromatic heterocycles. The van der Waals surface area contributed by atoms with Crippen molar-refractivity contribution in [3.63, 3.8) is 0 Å². The maximum Gasteiger partial charge on any atom is 0.290 e. The molecule has 0 aliphatic carbocycles. The molecule has 2 aromatic carbocycles. The van der Waals surface area contributed by atoms with Crippen molar-refractivity contribution in [3.8, 4) is 5.75 Å². The van der Waals surface area contributed by atoms with E-state index in [9.17, 15) is 9.59 Å². The van der Waals surface area contributed by atoms with Crippen LogP contribution in [-0.4, -0.2) is 49.5 Å². The van der Waals surface area contributed by atoms with Crippen LogP contribution in [0.4, 0.5) is 0 Å². The number of carbonyl (C=O) groups excluding carboxylic acids is 1. The van der Waals surface area contributed by atoms with Crippen molar-refractivity contribution in [1.82, 2.24) is 9.80 Å². The van der Waals surface area contributed by atoms with Gasteiger partial charge in [-0.2, -0.15) is 0 Å². The number of hydrogen-bond acceptors (Lipinski definition) is 5. The molecule has 4 rings (SSSR count). The van der Waals surface area contributed by atoms with E-state index in [-0.39, 0.29) is 17.1 Å². The fraction of sp³-hybridized carbons (Fsp3) is 0.250. The third-order valence-corrected chi connectivity index (χ3v) is 5.77. The van der Waals surface area contributed by atoms with Crippen LogP contribution in [0, 0.1) is 0 Å². The lowest BCUT2D eigenvalue weighted by Gasteiger charge is -2.26. The third kappa shape index (κ3) is 4.03. The second-order valence-corrected chi connectivity index (χ2v) is 8.60. The average molecular weight is 483 g/mol. The number of rotatable bonds is 7. The van der Waals surface area contributed by atoms with Gasteiger partial charge in [0.2, 0.25) is 5.76 Å². The molecule has 0 radical (unpaired) electrons. The number of fused-ring (bicyclic) bond motifs is 2. The van der Waals surface area contributed by atoms with Gasteiger partial charge in [-0.05, 0) is 50.0 Å². The van der Waals surface area contributed by atoms with E-state index >= 15 is 0 Å². The molecule has 160 valence electrons. The number of nitrogens with zero attached hydrogens (tertiary/aromatic N) is 2. The first-order chi connectivity index (χ1) is 14.9. The lowest BCUT2D eigenvalue weighted by molar-refractivity contribution is 0.0716. The van der Waals surface area contributed by atoms with Gasteiger partial charge in [0.05, 0.1) is 17.0 Å². The van der Waals surface area contributed by atoms with Gasteiger partial charge in [-0.15, -0.1) is 0 Å². The molecule has 0 fully saturated rings. The Kier molecular flexibility index (Phi) is 5.98. The minimum atomic E-state index is -0.518. The van der Waals surface area contributed by atoms with Crippen molar-refractivity contribution in [2.45, 2.75) is 6.04 Å². The Hall–Kier alpha value is -2.90. The second-order valence-electron chi connectivity index (χ2n) is 7.69. The van der Waals surface area contributed by atoms with Gasteiger partial charge in [0.25, 0.3) is 5.91 Å². The molecule has 3 aromatic rings. The molecule has 0 saturated carbocycles. The number of benzene rings is 2. The van der Waals surface area contributed by atoms with Gasteiger partial charge in [0, 0.05) is 17.6 Å². The number of carbonyl (C=O) groups is 1. The van der Waals surface area contributed by atoms with E-state index in [2.05, 4.69) is 22.5 Å². The normalized spacial score (nSPS) is 15.5. The molecule has 7 heteroatoms. The summed E-state index contributed by atoms with van der Waals surface area (Å²) in [5.74, 6) is 0.550. The van der Waals surface area contributed by atoms with E-state index in [1.807, 2.05) is 43.3 Å². The van der Waals surface area contributed by atoms with E-state index < -0.39 is 6.04 Å². The lowest BCUT2D eigenvalue weighted by Crippen LogP contribution is -2.35. The van der Waals surface area contributed by atoms with E-state index in [1.165, 1.54) is 0 Å². The van der Waals surface area contributed by atoms with Crippen LogP contribution in [0.5, 0.6) is 5.75 Å². The van der Waals surface area contributed by atoms with E-state index in [0.29, 0.717) is 42.0 Å². The molecule has 1 unspecified atom stereocenters. The van der Waals surface area contributed by atoms with Gasteiger partial charge in [-0.25, -0.2) is 0 Å². The summed E-state index contributed by atoms with van der Waals surface area (Å²) in [6.45, 7) is 5.19. The summed E-state index contributed by atoms with van der Waals surface area (Å²) < 4.78 is 12.3. The van der Waals surface area contributed by atoms with Gasteiger partial charge >= 0.3 is 0 Å². The van der Waals surface area contributed by atoms with Crippen LogP contribution in [0.15, 0.2) is 68.8 Å². The number of likely N-dealkylation sites (N-methyl/N-ethyl adjacent to an activating group) is 1. The van der Waals surface area contributed by atoms with E-state index in [4.69, 9.17) is 9.15 Å². The fourth-order valence-electron chi connectivity index (χ4n) is 3.78. The molecule has 1 aliphatic rings. The van der Waals surface area contributed by atoms with Gasteiger partial charge in [0.1, 0.15) is 17.9 Å². The molecule has 0 N–H and O–H groups in total. The molecule has 6 nitrogen and oxygen atoms in total. The highest BCUT2D eigenvalue weighted by molar-refractivity contribution is 9.10. The summed E-state index contributed by atoms with van der Waals surface area (Å²) in [5.41, 5.74) is 1.43. The number of hydrogen-bond donors (Lipinski definition) is 0. The number of halogens is 1. The van der Waals surface area contributed by atoms with Crippen molar-refractivity contribution in [2.75, 3.05) is 33.8 Å². The molecule has 2 heterocycles. The fourth-order valence-corrected chi connectivity index (χ4v) is 4.14. The van der Waals surface area contributed by atoms with Crippen LogP contribution in [-0.2, 0) is 0 Å². The Bertz CT molecular complexity index is 1200. The van der Waals surface area contributed by atoms with Gasteiger partial charge in [-0.1, -0.05) is 40.7 Å². The van der Waals surface area contributed by atoms with Crippen LogP contribution >= 0.6 is 15.9 Å². The minimum Gasteiger partial charge on any atom is -0.490 e. The summed E-state index contributed by atoms with van der Waals surface area (Å²) in [5, 5.41) is 0.450. The average Bonchev–Trinajstić information content (AvgIpc) is 3.03. The molecule has 31 heavy (non-hydrogen) atoms. The molecule has 1 amide bonds. The van der Waals surface area contributed by atoms with Crippen molar-refractivity contribution in [1.29, 1.82) is 0 Å². The molecular weight excluding hydrogens is 460 g/mol. The first-order valence-corrected chi connectivity index (χ1v) is 10.8. The summed E-state index contributed by atoms with van der Waals surface area (Å²) in [6, 6.07) is 12.2. The van der Waals surface area contributed by atoms with Crippen LogP contribution < -0.4 is 10.2 Å². The van der Waals surface area contributed by atoms with Crippen molar-refractivity contribution in [2.24, 2.45) is 0 Å². The molecule has 0 saturated heterocycles. The van der Waals surface area contributed by atoms with Gasteiger partial charge in [0.15, 0.2) is 5.43 Å². The first kappa shape index (κ1) is 21.3. The van der Waals surface area contributed by atoms with Crippen LogP contribution in [0.2, 0.25) is 0 Å². The predicted molar refractivity (Wildman–Crippen MR) is 124 cm³/mol. The van der Waals surface area contributed by atoms with Gasteiger partial charge in [-0.3, -0.25) is 9.59 Å².